The van der Waals surface area contributed by atoms with E-state index in [0.29, 0.717) is 15.8 Å². The van der Waals surface area contributed by atoms with Crippen molar-refractivity contribution in [3.63, 3.8) is 0 Å². The normalized spacial score (nSPS) is 12.2. The molecule has 3 N–H and O–H groups in total. The summed E-state index contributed by atoms with van der Waals surface area (Å²) in [5, 5.41) is 0. The number of rotatable bonds is 4. The first kappa shape index (κ1) is 14.0. The summed E-state index contributed by atoms with van der Waals surface area (Å²) in [4.78, 5) is 0. The maximum Gasteiger partial charge on any atom is 0.142 e. The minimum atomic E-state index is -0.478. The van der Waals surface area contributed by atoms with E-state index >= 15 is 0 Å². The quantitative estimate of drug-likeness (QED) is 0.671. The summed E-state index contributed by atoms with van der Waals surface area (Å²) in [5.41, 5.74) is 3.88. The first-order chi connectivity index (χ1) is 9.19. The number of hydrogen-bond donors (Lipinski definition) is 2. The van der Waals surface area contributed by atoms with Crippen LogP contribution in [0, 0.1) is 5.82 Å². The molecule has 0 radical (unpaired) electrons. The molecule has 0 amide bonds. The molecular weight excluding hydrogens is 311 g/mol. The smallest absolute Gasteiger partial charge is 0.142 e. The Labute approximate surface area is 119 Å². The zero-order valence-electron chi connectivity index (χ0n) is 10.4. The van der Waals surface area contributed by atoms with E-state index in [4.69, 9.17) is 10.6 Å². The van der Waals surface area contributed by atoms with Crippen LogP contribution in [-0.2, 0) is 0 Å². The number of nitrogens with two attached hydrogens (primary N) is 1. The van der Waals surface area contributed by atoms with Crippen LogP contribution < -0.4 is 16.0 Å². The number of ether oxygens (including phenoxy) is 1. The Morgan fingerprint density at radius 1 is 1.16 bits per heavy atom. The minimum Gasteiger partial charge on any atom is -0.496 e. The monoisotopic (exact) mass is 324 g/mol. The van der Waals surface area contributed by atoms with Gasteiger partial charge in [-0.25, -0.2) is 9.82 Å². The lowest BCUT2D eigenvalue weighted by Gasteiger charge is -2.20. The molecule has 0 aromatic heterocycles. The van der Waals surface area contributed by atoms with Crippen LogP contribution in [0.3, 0.4) is 0 Å². The molecule has 2 aromatic rings. The molecule has 0 bridgehead atoms. The summed E-state index contributed by atoms with van der Waals surface area (Å²) in [7, 11) is 1.57. The van der Waals surface area contributed by atoms with Crippen LogP contribution in [-0.4, -0.2) is 7.11 Å². The predicted octanol–water partition coefficient (Wildman–Crippen LogP) is 3.15. The van der Waals surface area contributed by atoms with Crippen molar-refractivity contribution in [2.75, 3.05) is 7.11 Å². The maximum absolute atomic E-state index is 14.2. The third-order valence-electron chi connectivity index (χ3n) is 2.91. The van der Waals surface area contributed by atoms with Gasteiger partial charge in [0.2, 0.25) is 0 Å². The van der Waals surface area contributed by atoms with E-state index in [-0.39, 0.29) is 5.82 Å². The molecule has 5 heteroatoms. The topological polar surface area (TPSA) is 47.3 Å². The highest BCUT2D eigenvalue weighted by atomic mass is 79.9. The van der Waals surface area contributed by atoms with Gasteiger partial charge in [0.15, 0.2) is 0 Å². The van der Waals surface area contributed by atoms with Gasteiger partial charge >= 0.3 is 0 Å². The number of benzene rings is 2. The van der Waals surface area contributed by atoms with Crippen molar-refractivity contribution in [1.29, 1.82) is 0 Å². The number of methoxy groups -OCH3 is 1. The Balaban J connectivity index is 2.53. The molecule has 0 aliphatic carbocycles. The number of para-hydroxylation sites is 1. The van der Waals surface area contributed by atoms with Gasteiger partial charge in [0, 0.05) is 11.1 Å². The number of halogens is 2. The van der Waals surface area contributed by atoms with E-state index in [0.717, 1.165) is 5.56 Å². The third kappa shape index (κ3) is 2.78. The lowest BCUT2D eigenvalue weighted by atomic mass is 9.98. The van der Waals surface area contributed by atoms with E-state index in [9.17, 15) is 4.39 Å². The second kappa shape index (κ2) is 6.14. The fourth-order valence-electron chi connectivity index (χ4n) is 2.00. The van der Waals surface area contributed by atoms with E-state index in [1.54, 1.807) is 25.3 Å². The fraction of sp³-hybridized carbons (Fsp3) is 0.143. The predicted molar refractivity (Wildman–Crippen MR) is 76.3 cm³/mol. The molecule has 2 rings (SSSR count). The number of hydrogen-bond acceptors (Lipinski definition) is 3. The van der Waals surface area contributed by atoms with Crippen LogP contribution in [0.25, 0.3) is 0 Å². The largest absolute Gasteiger partial charge is 0.496 e. The first-order valence-electron chi connectivity index (χ1n) is 5.72. The molecule has 1 atom stereocenters. The molecule has 0 aliphatic rings. The Morgan fingerprint density at radius 3 is 2.53 bits per heavy atom. The van der Waals surface area contributed by atoms with Crippen molar-refractivity contribution in [2.24, 2.45) is 5.84 Å². The molecule has 0 aliphatic heterocycles. The van der Waals surface area contributed by atoms with Gasteiger partial charge in [0.05, 0.1) is 17.6 Å². The number of nitrogens with one attached hydrogen (secondary N) is 1. The highest BCUT2D eigenvalue weighted by Gasteiger charge is 2.20. The van der Waals surface area contributed by atoms with E-state index in [1.165, 1.54) is 0 Å². The van der Waals surface area contributed by atoms with Gasteiger partial charge < -0.3 is 4.74 Å². The molecular formula is C14H14BrFN2O. The van der Waals surface area contributed by atoms with Crippen molar-refractivity contribution in [3.8, 4) is 5.75 Å². The molecule has 3 nitrogen and oxygen atoms in total. The molecule has 0 saturated carbocycles. The van der Waals surface area contributed by atoms with Gasteiger partial charge in [0.25, 0.3) is 0 Å². The highest BCUT2D eigenvalue weighted by molar-refractivity contribution is 9.10. The Kier molecular flexibility index (Phi) is 4.52. The van der Waals surface area contributed by atoms with Crippen molar-refractivity contribution < 1.29 is 9.13 Å². The van der Waals surface area contributed by atoms with Crippen LogP contribution in [0.5, 0.6) is 5.75 Å². The van der Waals surface area contributed by atoms with Crippen molar-refractivity contribution in [2.45, 2.75) is 6.04 Å². The average molecular weight is 325 g/mol. The summed E-state index contributed by atoms with van der Waals surface area (Å²) in [6, 6.07) is 12.0. The summed E-state index contributed by atoms with van der Waals surface area (Å²) in [6.07, 6.45) is 0. The molecule has 19 heavy (non-hydrogen) atoms. The zero-order valence-corrected chi connectivity index (χ0v) is 11.9. The van der Waals surface area contributed by atoms with Crippen LogP contribution in [0.1, 0.15) is 17.2 Å². The molecule has 0 spiro atoms. The van der Waals surface area contributed by atoms with E-state index < -0.39 is 6.04 Å². The fourth-order valence-corrected chi connectivity index (χ4v) is 2.38. The lowest BCUT2D eigenvalue weighted by molar-refractivity contribution is 0.403. The van der Waals surface area contributed by atoms with Crippen molar-refractivity contribution in [1.82, 2.24) is 5.43 Å². The van der Waals surface area contributed by atoms with Crippen LogP contribution in [0.15, 0.2) is 46.9 Å². The first-order valence-corrected chi connectivity index (χ1v) is 6.51. The molecule has 0 fully saturated rings. The van der Waals surface area contributed by atoms with Crippen LogP contribution in [0.2, 0.25) is 0 Å². The van der Waals surface area contributed by atoms with E-state index in [1.807, 2.05) is 24.3 Å². The number of hydrazine groups is 1. The third-order valence-corrected chi connectivity index (χ3v) is 3.52. The second-order valence-electron chi connectivity index (χ2n) is 3.98. The van der Waals surface area contributed by atoms with Gasteiger partial charge in [-0.05, 0) is 28.1 Å². The van der Waals surface area contributed by atoms with Crippen LogP contribution in [0.4, 0.5) is 4.39 Å². The molecule has 1 unspecified atom stereocenters. The zero-order chi connectivity index (χ0) is 13.8. The van der Waals surface area contributed by atoms with Gasteiger partial charge in [-0.1, -0.05) is 30.3 Å². The summed E-state index contributed by atoms with van der Waals surface area (Å²) < 4.78 is 19.9. The van der Waals surface area contributed by atoms with Gasteiger partial charge in [0.1, 0.15) is 11.6 Å². The van der Waals surface area contributed by atoms with Gasteiger partial charge in [-0.15, -0.1) is 0 Å². The standard InChI is InChI=1S/C14H14BrFN2O/c1-19-12-8-3-2-5-9(12)14(18-17)10-6-4-7-11(15)13(10)16/h2-8,14,18H,17H2,1H3. The average Bonchev–Trinajstić information content (AvgIpc) is 2.45. The molecule has 100 valence electrons. The molecule has 0 saturated heterocycles. The van der Waals surface area contributed by atoms with Gasteiger partial charge in [-0.3, -0.25) is 5.84 Å². The van der Waals surface area contributed by atoms with E-state index in [2.05, 4.69) is 21.4 Å². The Hall–Kier alpha value is -1.43. The summed E-state index contributed by atoms with van der Waals surface area (Å²) >= 11 is 3.18. The SMILES string of the molecule is COc1ccccc1C(NN)c1cccc(Br)c1F. The summed E-state index contributed by atoms with van der Waals surface area (Å²) in [6.45, 7) is 0. The summed E-state index contributed by atoms with van der Waals surface area (Å²) in [5.74, 6) is 5.91. The molecule has 0 heterocycles. The van der Waals surface area contributed by atoms with Crippen molar-refractivity contribution in [3.05, 3.63) is 63.9 Å². The second-order valence-corrected chi connectivity index (χ2v) is 4.84. The Bertz CT molecular complexity index is 577. The highest BCUT2D eigenvalue weighted by Crippen LogP contribution is 2.32. The minimum absolute atomic E-state index is 0.337. The molecule has 2 aromatic carbocycles. The van der Waals surface area contributed by atoms with Gasteiger partial charge in [-0.2, -0.15) is 0 Å². The van der Waals surface area contributed by atoms with Crippen LogP contribution >= 0.6 is 15.9 Å². The Morgan fingerprint density at radius 2 is 1.84 bits per heavy atom. The van der Waals surface area contributed by atoms with Crippen molar-refractivity contribution >= 4 is 15.9 Å². The lowest BCUT2D eigenvalue weighted by Crippen LogP contribution is -2.30. The maximum atomic E-state index is 14.2.